The predicted octanol–water partition coefficient (Wildman–Crippen LogP) is 4.48. The molecular weight excluding hydrogens is 294 g/mol. The molecule has 1 heterocycles. The zero-order valence-corrected chi connectivity index (χ0v) is 13.0. The van der Waals surface area contributed by atoms with Crippen molar-refractivity contribution < 1.29 is 10.0 Å². The van der Waals surface area contributed by atoms with Crippen LogP contribution in [0.15, 0.2) is 33.4 Å². The Kier molecular flexibility index (Phi) is 4.47. The highest BCUT2D eigenvalue weighted by atomic mass is 32.2. The van der Waals surface area contributed by atoms with Crippen molar-refractivity contribution in [2.45, 2.75) is 36.0 Å². The number of aliphatic hydroxyl groups is 1. The Bertz CT molecular complexity index is 650. The zero-order valence-electron chi connectivity index (χ0n) is 11.4. The number of hydrogen-bond acceptors (Lipinski definition) is 5. The smallest absolute Gasteiger partial charge is 0.294 e. The standard InChI is InChI=1S/C14H15NO3S2/c1-8-4-5-11(6-9(8)2)19-14-12(15(17)18)7-13(20-14)10(3)16/h4-7,10,16H,1-3H3/t10-/m0/s1. The minimum Gasteiger partial charge on any atom is -0.388 e. The van der Waals surface area contributed by atoms with Crippen molar-refractivity contribution >= 4 is 28.8 Å². The van der Waals surface area contributed by atoms with Crippen molar-refractivity contribution in [1.82, 2.24) is 0 Å². The number of thiophene rings is 1. The fraction of sp³-hybridized carbons (Fsp3) is 0.286. The van der Waals surface area contributed by atoms with E-state index in [0.717, 1.165) is 10.5 Å². The van der Waals surface area contributed by atoms with Crippen LogP contribution >= 0.6 is 23.1 Å². The highest BCUT2D eigenvalue weighted by molar-refractivity contribution is 8.01. The van der Waals surface area contributed by atoms with Crippen molar-refractivity contribution in [3.8, 4) is 0 Å². The van der Waals surface area contributed by atoms with Crippen LogP contribution in [0.25, 0.3) is 0 Å². The number of aliphatic hydroxyl groups excluding tert-OH is 1. The monoisotopic (exact) mass is 309 g/mol. The fourth-order valence-electron chi connectivity index (χ4n) is 1.67. The molecule has 0 aliphatic carbocycles. The van der Waals surface area contributed by atoms with Crippen molar-refractivity contribution in [1.29, 1.82) is 0 Å². The van der Waals surface area contributed by atoms with Gasteiger partial charge in [0, 0.05) is 15.8 Å². The van der Waals surface area contributed by atoms with E-state index in [0.29, 0.717) is 9.09 Å². The topological polar surface area (TPSA) is 63.4 Å². The summed E-state index contributed by atoms with van der Waals surface area (Å²) in [5.74, 6) is 0. The van der Waals surface area contributed by atoms with Crippen LogP contribution in [0.3, 0.4) is 0 Å². The normalized spacial score (nSPS) is 12.4. The van der Waals surface area contributed by atoms with Gasteiger partial charge >= 0.3 is 0 Å². The third-order valence-corrected chi connectivity index (χ3v) is 5.47. The molecule has 1 atom stereocenters. The zero-order chi connectivity index (χ0) is 14.9. The lowest BCUT2D eigenvalue weighted by atomic mass is 10.1. The molecule has 0 amide bonds. The van der Waals surface area contributed by atoms with Crippen molar-refractivity contribution in [3.63, 3.8) is 0 Å². The number of aryl methyl sites for hydroxylation is 2. The average Bonchev–Trinajstić information content (AvgIpc) is 2.78. The molecule has 4 nitrogen and oxygen atoms in total. The van der Waals surface area contributed by atoms with Crippen LogP contribution in [0, 0.1) is 24.0 Å². The summed E-state index contributed by atoms with van der Waals surface area (Å²) in [5, 5.41) is 20.7. The summed E-state index contributed by atoms with van der Waals surface area (Å²) < 4.78 is 0.606. The minimum atomic E-state index is -0.687. The first-order valence-corrected chi connectivity index (χ1v) is 7.73. The van der Waals surface area contributed by atoms with Crippen molar-refractivity contribution in [2.75, 3.05) is 0 Å². The SMILES string of the molecule is Cc1ccc(Sc2sc([C@H](C)O)cc2[N+](=O)[O-])cc1C. The number of hydrogen-bond donors (Lipinski definition) is 1. The van der Waals surface area contributed by atoms with E-state index in [-0.39, 0.29) is 5.69 Å². The van der Waals surface area contributed by atoms with E-state index in [1.165, 1.54) is 34.7 Å². The maximum absolute atomic E-state index is 11.1. The van der Waals surface area contributed by atoms with Crippen LogP contribution in [0.4, 0.5) is 5.69 Å². The lowest BCUT2D eigenvalue weighted by Crippen LogP contribution is -1.87. The number of nitrogens with zero attached hydrogens (tertiary/aromatic N) is 1. The van der Waals surface area contributed by atoms with Gasteiger partial charge in [0.05, 0.1) is 11.0 Å². The van der Waals surface area contributed by atoms with Gasteiger partial charge in [0.25, 0.3) is 5.69 Å². The molecule has 0 bridgehead atoms. The first-order valence-electron chi connectivity index (χ1n) is 6.09. The quantitative estimate of drug-likeness (QED) is 0.668. The minimum absolute atomic E-state index is 0.0640. The van der Waals surface area contributed by atoms with Crippen LogP contribution in [0.1, 0.15) is 29.0 Å². The molecule has 0 unspecified atom stereocenters. The van der Waals surface area contributed by atoms with E-state index in [9.17, 15) is 15.2 Å². The molecule has 2 aromatic rings. The molecule has 0 aliphatic rings. The van der Waals surface area contributed by atoms with Gasteiger partial charge in [0.15, 0.2) is 0 Å². The van der Waals surface area contributed by atoms with Crippen LogP contribution in [-0.4, -0.2) is 10.0 Å². The summed E-state index contributed by atoms with van der Waals surface area (Å²) in [6.45, 7) is 5.66. The van der Waals surface area contributed by atoms with Gasteiger partial charge in [-0.3, -0.25) is 10.1 Å². The molecule has 2 rings (SSSR count). The Labute approximate surface area is 125 Å². The Balaban J connectivity index is 2.36. The van der Waals surface area contributed by atoms with Gasteiger partial charge in [-0.1, -0.05) is 17.8 Å². The summed E-state index contributed by atoms with van der Waals surface area (Å²) in [7, 11) is 0. The second kappa shape index (κ2) is 5.95. The van der Waals surface area contributed by atoms with Gasteiger partial charge in [0.1, 0.15) is 4.21 Å². The van der Waals surface area contributed by atoms with Crippen molar-refractivity contribution in [2.24, 2.45) is 0 Å². The van der Waals surface area contributed by atoms with Crippen molar-refractivity contribution in [3.05, 3.63) is 50.4 Å². The average molecular weight is 309 g/mol. The second-order valence-electron chi connectivity index (χ2n) is 4.60. The number of rotatable bonds is 4. The van der Waals surface area contributed by atoms with Gasteiger partial charge in [-0.15, -0.1) is 11.3 Å². The summed E-state index contributed by atoms with van der Waals surface area (Å²) in [4.78, 5) is 12.3. The van der Waals surface area contributed by atoms with Crippen LogP contribution in [0.5, 0.6) is 0 Å². The molecule has 1 aromatic heterocycles. The van der Waals surface area contributed by atoms with E-state index in [2.05, 4.69) is 0 Å². The Morgan fingerprint density at radius 1 is 1.30 bits per heavy atom. The molecule has 0 aliphatic heterocycles. The molecule has 0 saturated heterocycles. The third kappa shape index (κ3) is 3.20. The first kappa shape index (κ1) is 15.0. The maximum atomic E-state index is 11.1. The summed E-state index contributed by atoms with van der Waals surface area (Å²) in [6, 6.07) is 7.44. The molecule has 0 radical (unpaired) electrons. The van der Waals surface area contributed by atoms with Gasteiger partial charge in [-0.05, 0) is 44.0 Å². The van der Waals surface area contributed by atoms with Gasteiger partial charge in [0.2, 0.25) is 0 Å². The third-order valence-electron chi connectivity index (χ3n) is 3.00. The molecule has 0 fully saturated rings. The van der Waals surface area contributed by atoms with Gasteiger partial charge < -0.3 is 5.11 Å². The second-order valence-corrected chi connectivity index (χ2v) is 7.03. The lowest BCUT2D eigenvalue weighted by molar-refractivity contribution is -0.387. The molecular formula is C14H15NO3S2. The first-order chi connectivity index (χ1) is 9.38. The van der Waals surface area contributed by atoms with E-state index >= 15 is 0 Å². The van der Waals surface area contributed by atoms with Gasteiger partial charge in [-0.2, -0.15) is 0 Å². The molecule has 1 N–H and O–H groups in total. The largest absolute Gasteiger partial charge is 0.388 e. The molecule has 0 saturated carbocycles. The van der Waals surface area contributed by atoms with Crippen LogP contribution in [0.2, 0.25) is 0 Å². The Hall–Kier alpha value is -1.37. The lowest BCUT2D eigenvalue weighted by Gasteiger charge is -2.03. The molecule has 6 heteroatoms. The summed E-state index contributed by atoms with van der Waals surface area (Å²) in [5.41, 5.74) is 2.42. The molecule has 1 aromatic carbocycles. The molecule has 0 spiro atoms. The highest BCUT2D eigenvalue weighted by Crippen LogP contribution is 2.43. The van der Waals surface area contributed by atoms with Crippen LogP contribution < -0.4 is 0 Å². The Morgan fingerprint density at radius 3 is 2.55 bits per heavy atom. The summed E-state index contributed by atoms with van der Waals surface area (Å²) in [6.07, 6.45) is -0.687. The van der Waals surface area contributed by atoms with E-state index < -0.39 is 11.0 Å². The number of benzene rings is 1. The summed E-state index contributed by atoms with van der Waals surface area (Å²) >= 11 is 2.64. The van der Waals surface area contributed by atoms with E-state index in [1.54, 1.807) is 6.92 Å². The van der Waals surface area contributed by atoms with Crippen LogP contribution in [-0.2, 0) is 0 Å². The fourth-order valence-corrected chi connectivity index (χ4v) is 4.03. The van der Waals surface area contributed by atoms with E-state index in [1.807, 2.05) is 32.0 Å². The molecule has 20 heavy (non-hydrogen) atoms. The maximum Gasteiger partial charge on any atom is 0.294 e. The Morgan fingerprint density at radius 2 is 2.00 bits per heavy atom. The highest BCUT2D eigenvalue weighted by Gasteiger charge is 2.21. The predicted molar refractivity (Wildman–Crippen MR) is 81.6 cm³/mol. The van der Waals surface area contributed by atoms with Gasteiger partial charge in [-0.25, -0.2) is 0 Å². The molecule has 106 valence electrons. The van der Waals surface area contributed by atoms with E-state index in [4.69, 9.17) is 0 Å². The number of nitro groups is 1.